The van der Waals surface area contributed by atoms with Crippen LogP contribution in [0.15, 0.2) is 54.7 Å². The summed E-state index contributed by atoms with van der Waals surface area (Å²) in [5.74, 6) is -0.358. The Morgan fingerprint density at radius 3 is 2.45 bits per heavy atom. The first-order chi connectivity index (χ1) is 15.7. The van der Waals surface area contributed by atoms with Crippen LogP contribution in [0.3, 0.4) is 0 Å². The molecule has 0 atom stereocenters. The molecule has 0 saturated heterocycles. The second-order valence-corrected chi connectivity index (χ2v) is 7.71. The lowest BCUT2D eigenvalue weighted by molar-refractivity contribution is -0.137. The van der Waals surface area contributed by atoms with Gasteiger partial charge in [0.05, 0.1) is 35.8 Å². The van der Waals surface area contributed by atoms with Crippen LogP contribution in [0.25, 0.3) is 5.69 Å². The zero-order chi connectivity index (χ0) is 23.8. The molecular weight excluding hydrogens is 437 g/mol. The molecule has 33 heavy (non-hydrogen) atoms. The van der Waals surface area contributed by atoms with Crippen molar-refractivity contribution in [1.29, 1.82) is 0 Å². The number of aromatic nitrogens is 2. The van der Waals surface area contributed by atoms with Gasteiger partial charge >= 0.3 is 12.3 Å². The minimum absolute atomic E-state index is 0.0545. The van der Waals surface area contributed by atoms with E-state index in [1.54, 1.807) is 31.3 Å². The van der Waals surface area contributed by atoms with E-state index in [1.165, 1.54) is 35.0 Å². The normalized spacial score (nSPS) is 13.5. The number of carbonyl (C=O) groups excluding carboxylic acids is 2. The quantitative estimate of drug-likeness (QED) is 0.569. The van der Waals surface area contributed by atoms with Crippen molar-refractivity contribution < 1.29 is 27.5 Å². The molecule has 0 bridgehead atoms. The number of halogens is 3. The van der Waals surface area contributed by atoms with Gasteiger partial charge < -0.3 is 10.1 Å². The molecule has 0 radical (unpaired) electrons. The fraction of sp³-hybridized carbons (Fsp3) is 0.261. The molecule has 1 aromatic heterocycles. The third kappa shape index (κ3) is 4.69. The summed E-state index contributed by atoms with van der Waals surface area (Å²) in [5, 5.41) is 7.01. The van der Waals surface area contributed by atoms with Gasteiger partial charge in [-0.15, -0.1) is 0 Å². The molecule has 7 nitrogen and oxygen atoms in total. The number of hydrogen-bond donors (Lipinski definition) is 1. The van der Waals surface area contributed by atoms with Gasteiger partial charge in [0.15, 0.2) is 0 Å². The Balaban J connectivity index is 1.59. The summed E-state index contributed by atoms with van der Waals surface area (Å²) in [6.45, 7) is 0. The number of methoxy groups -OCH3 is 1. The Bertz CT molecular complexity index is 1180. The second-order valence-electron chi connectivity index (χ2n) is 7.71. The predicted octanol–water partition coefficient (Wildman–Crippen LogP) is 5.22. The molecule has 2 amide bonds. The average Bonchev–Trinajstić information content (AvgIpc) is 3.55. The lowest BCUT2D eigenvalue weighted by atomic mass is 10.1. The van der Waals surface area contributed by atoms with Crippen molar-refractivity contribution >= 4 is 23.4 Å². The van der Waals surface area contributed by atoms with Crippen LogP contribution < -0.4 is 10.2 Å². The van der Waals surface area contributed by atoms with Crippen molar-refractivity contribution in [2.75, 3.05) is 24.4 Å². The van der Waals surface area contributed by atoms with Crippen molar-refractivity contribution in [2.24, 2.45) is 0 Å². The average molecular weight is 458 g/mol. The third-order valence-corrected chi connectivity index (χ3v) is 5.39. The molecule has 172 valence electrons. The molecule has 1 aliphatic rings. The van der Waals surface area contributed by atoms with E-state index in [4.69, 9.17) is 0 Å². The first-order valence-corrected chi connectivity index (χ1v) is 10.2. The van der Waals surface area contributed by atoms with Gasteiger partial charge in [0.25, 0.3) is 5.91 Å². The molecule has 1 N–H and O–H groups in total. The highest BCUT2D eigenvalue weighted by Crippen LogP contribution is 2.43. The molecule has 2 aromatic carbocycles. The standard InChI is InChI=1S/C23H21F3N4O3/c1-29(22(32)33-2)17-10-8-16(9-11-17)28-21(31)19-13-27-30(20(19)14-6-7-14)18-5-3-4-15(12-18)23(24,25)26/h3-5,8-14H,6-7H2,1-2H3,(H,28,31). The topological polar surface area (TPSA) is 76.5 Å². The fourth-order valence-electron chi connectivity index (χ4n) is 3.51. The Morgan fingerprint density at radius 2 is 1.85 bits per heavy atom. The van der Waals surface area contributed by atoms with Crippen LogP contribution >= 0.6 is 0 Å². The Labute approximate surface area is 187 Å². The predicted molar refractivity (Wildman–Crippen MR) is 116 cm³/mol. The summed E-state index contributed by atoms with van der Waals surface area (Å²) in [5.41, 5.74) is 1.45. The molecule has 1 fully saturated rings. The van der Waals surface area contributed by atoms with Crippen molar-refractivity contribution in [1.82, 2.24) is 9.78 Å². The number of rotatable bonds is 5. The van der Waals surface area contributed by atoms with E-state index >= 15 is 0 Å². The van der Waals surface area contributed by atoms with E-state index in [-0.39, 0.29) is 11.6 Å². The van der Waals surface area contributed by atoms with Crippen molar-refractivity contribution in [3.8, 4) is 5.69 Å². The number of carbonyl (C=O) groups is 2. The number of anilines is 2. The number of ether oxygens (including phenoxy) is 1. The lowest BCUT2D eigenvalue weighted by Crippen LogP contribution is -2.25. The van der Waals surface area contributed by atoms with E-state index in [9.17, 15) is 22.8 Å². The van der Waals surface area contributed by atoms with Gasteiger partial charge in [-0.1, -0.05) is 6.07 Å². The fourth-order valence-corrected chi connectivity index (χ4v) is 3.51. The van der Waals surface area contributed by atoms with Crippen LogP contribution in [-0.2, 0) is 10.9 Å². The highest BCUT2D eigenvalue weighted by atomic mass is 19.4. The van der Waals surface area contributed by atoms with Crippen LogP contribution in [0.2, 0.25) is 0 Å². The minimum Gasteiger partial charge on any atom is -0.452 e. The first kappa shape index (κ1) is 22.4. The summed E-state index contributed by atoms with van der Waals surface area (Å²) in [6, 6.07) is 11.5. The van der Waals surface area contributed by atoms with Gasteiger partial charge in [0.1, 0.15) is 0 Å². The smallest absolute Gasteiger partial charge is 0.416 e. The van der Waals surface area contributed by atoms with E-state index in [1.807, 2.05) is 0 Å². The molecular formula is C23H21F3N4O3. The Kier molecular flexibility index (Phi) is 5.84. The van der Waals surface area contributed by atoms with Crippen LogP contribution in [0.4, 0.5) is 29.3 Å². The number of hydrogen-bond acceptors (Lipinski definition) is 4. The molecule has 0 spiro atoms. The Morgan fingerprint density at radius 1 is 1.15 bits per heavy atom. The molecule has 0 unspecified atom stereocenters. The lowest BCUT2D eigenvalue weighted by Gasteiger charge is -2.16. The number of nitrogens with one attached hydrogen (secondary N) is 1. The Hall–Kier alpha value is -3.82. The molecule has 1 heterocycles. The molecule has 1 saturated carbocycles. The summed E-state index contributed by atoms with van der Waals surface area (Å²) in [7, 11) is 2.84. The van der Waals surface area contributed by atoms with E-state index in [0.717, 1.165) is 25.0 Å². The maximum absolute atomic E-state index is 13.2. The largest absolute Gasteiger partial charge is 0.452 e. The summed E-state index contributed by atoms with van der Waals surface area (Å²) < 4.78 is 45.5. The number of alkyl halides is 3. The van der Waals surface area contributed by atoms with Crippen LogP contribution in [0.1, 0.15) is 40.4 Å². The highest BCUT2D eigenvalue weighted by Gasteiger charge is 2.34. The van der Waals surface area contributed by atoms with Crippen LogP contribution in [-0.4, -0.2) is 35.9 Å². The van der Waals surface area contributed by atoms with Gasteiger partial charge in [-0.3, -0.25) is 9.69 Å². The summed E-state index contributed by atoms with van der Waals surface area (Å²) >= 11 is 0. The molecule has 0 aliphatic heterocycles. The summed E-state index contributed by atoms with van der Waals surface area (Å²) in [4.78, 5) is 25.9. The second kappa shape index (κ2) is 8.61. The van der Waals surface area contributed by atoms with Crippen LogP contribution in [0, 0.1) is 0 Å². The van der Waals surface area contributed by atoms with Crippen molar-refractivity contribution in [3.63, 3.8) is 0 Å². The minimum atomic E-state index is -4.47. The maximum Gasteiger partial charge on any atom is 0.416 e. The van der Waals surface area contributed by atoms with Crippen molar-refractivity contribution in [2.45, 2.75) is 24.9 Å². The molecule has 10 heteroatoms. The van der Waals surface area contributed by atoms with Crippen molar-refractivity contribution in [3.05, 3.63) is 71.5 Å². The third-order valence-electron chi connectivity index (χ3n) is 5.39. The number of nitrogens with zero attached hydrogens (tertiary/aromatic N) is 3. The van der Waals surface area contributed by atoms with E-state index < -0.39 is 23.7 Å². The van der Waals surface area contributed by atoms with Gasteiger partial charge in [-0.05, 0) is 55.3 Å². The van der Waals surface area contributed by atoms with Gasteiger partial charge in [0, 0.05) is 24.3 Å². The number of benzene rings is 2. The van der Waals surface area contributed by atoms with E-state index in [2.05, 4.69) is 15.2 Å². The van der Waals surface area contributed by atoms with Crippen LogP contribution in [0.5, 0.6) is 0 Å². The van der Waals surface area contributed by atoms with Gasteiger partial charge in [-0.25, -0.2) is 9.48 Å². The monoisotopic (exact) mass is 458 g/mol. The molecule has 1 aliphatic carbocycles. The van der Waals surface area contributed by atoms with E-state index in [0.29, 0.717) is 22.6 Å². The summed E-state index contributed by atoms with van der Waals surface area (Å²) in [6.07, 6.45) is -1.96. The first-order valence-electron chi connectivity index (χ1n) is 10.2. The SMILES string of the molecule is COC(=O)N(C)c1ccc(NC(=O)c2cnn(-c3cccc(C(F)(F)F)c3)c2C2CC2)cc1. The maximum atomic E-state index is 13.2. The molecule has 3 aromatic rings. The van der Waals surface area contributed by atoms with Gasteiger partial charge in [0.2, 0.25) is 0 Å². The molecule has 4 rings (SSSR count). The number of amides is 2. The zero-order valence-corrected chi connectivity index (χ0v) is 17.9. The highest BCUT2D eigenvalue weighted by molar-refractivity contribution is 6.05. The zero-order valence-electron chi connectivity index (χ0n) is 17.9. The van der Waals surface area contributed by atoms with Gasteiger partial charge in [-0.2, -0.15) is 18.3 Å².